The van der Waals surface area contributed by atoms with Crippen molar-refractivity contribution in [3.63, 3.8) is 0 Å². The Hall–Kier alpha value is -3.87. The van der Waals surface area contributed by atoms with Crippen molar-refractivity contribution in [3.8, 4) is 17.2 Å². The van der Waals surface area contributed by atoms with E-state index in [0.29, 0.717) is 28.7 Å². The first-order valence-corrected chi connectivity index (χ1v) is 11.1. The summed E-state index contributed by atoms with van der Waals surface area (Å²) in [7, 11) is 3.12. The Morgan fingerprint density at radius 2 is 1.65 bits per heavy atom. The molecule has 178 valence electrons. The fourth-order valence-electron chi connectivity index (χ4n) is 3.50. The molecular formula is C27H30N2O5. The second kappa shape index (κ2) is 11.8. The number of nitrogens with one attached hydrogen (secondary N) is 1. The maximum absolute atomic E-state index is 13.2. The average Bonchev–Trinajstić information content (AvgIpc) is 2.85. The molecule has 0 spiro atoms. The van der Waals surface area contributed by atoms with Crippen LogP contribution in [0.1, 0.15) is 35.3 Å². The Labute approximate surface area is 200 Å². The second-order valence-electron chi connectivity index (χ2n) is 8.32. The molecule has 3 aromatic rings. The maximum Gasteiger partial charge on any atom is 0.334 e. The number of benzene rings is 2. The molecule has 0 aliphatic carbocycles. The first-order chi connectivity index (χ1) is 16.4. The van der Waals surface area contributed by atoms with Crippen molar-refractivity contribution < 1.29 is 23.8 Å². The Kier molecular flexibility index (Phi) is 8.62. The van der Waals surface area contributed by atoms with Gasteiger partial charge in [-0.15, -0.1) is 0 Å². The van der Waals surface area contributed by atoms with Crippen LogP contribution in [0, 0.1) is 5.92 Å². The minimum atomic E-state index is -0.929. The molecule has 0 aliphatic rings. The van der Waals surface area contributed by atoms with E-state index in [1.54, 1.807) is 43.6 Å². The molecule has 1 heterocycles. The van der Waals surface area contributed by atoms with Gasteiger partial charge in [-0.3, -0.25) is 9.78 Å². The van der Waals surface area contributed by atoms with Crippen molar-refractivity contribution in [1.82, 2.24) is 10.3 Å². The molecule has 0 fully saturated rings. The van der Waals surface area contributed by atoms with Crippen LogP contribution in [0.2, 0.25) is 0 Å². The Bertz CT molecular complexity index is 1100. The van der Waals surface area contributed by atoms with Crippen LogP contribution >= 0.6 is 0 Å². The van der Waals surface area contributed by atoms with Crippen LogP contribution in [0.4, 0.5) is 0 Å². The third kappa shape index (κ3) is 6.81. The van der Waals surface area contributed by atoms with Gasteiger partial charge >= 0.3 is 5.97 Å². The largest absolute Gasteiger partial charge is 0.497 e. The number of nitrogens with zero attached hydrogens (tertiary/aromatic N) is 1. The van der Waals surface area contributed by atoms with Gasteiger partial charge in [-0.05, 0) is 59.9 Å². The third-order valence-corrected chi connectivity index (χ3v) is 5.19. The summed E-state index contributed by atoms with van der Waals surface area (Å²) in [6, 6.07) is 15.2. The van der Waals surface area contributed by atoms with E-state index in [0.717, 1.165) is 17.5 Å². The Morgan fingerprint density at radius 1 is 0.912 bits per heavy atom. The van der Waals surface area contributed by atoms with Gasteiger partial charge in [0.2, 0.25) is 0 Å². The van der Waals surface area contributed by atoms with Crippen molar-refractivity contribution in [2.75, 3.05) is 14.2 Å². The van der Waals surface area contributed by atoms with E-state index in [2.05, 4.69) is 24.1 Å². The van der Waals surface area contributed by atoms with Crippen LogP contribution in [-0.4, -0.2) is 37.1 Å². The van der Waals surface area contributed by atoms with Crippen LogP contribution in [0.3, 0.4) is 0 Å². The number of esters is 1. The lowest BCUT2D eigenvalue weighted by molar-refractivity contribution is -0.136. The maximum atomic E-state index is 13.2. The molecule has 7 heteroatoms. The van der Waals surface area contributed by atoms with Crippen LogP contribution in [0.5, 0.6) is 17.2 Å². The molecule has 0 bridgehead atoms. The summed E-state index contributed by atoms with van der Waals surface area (Å²) in [4.78, 5) is 29.9. The van der Waals surface area contributed by atoms with Crippen LogP contribution < -0.4 is 19.5 Å². The molecule has 1 unspecified atom stereocenters. The van der Waals surface area contributed by atoms with Crippen molar-refractivity contribution in [2.24, 2.45) is 5.92 Å². The summed E-state index contributed by atoms with van der Waals surface area (Å²) in [6.45, 7) is 4.27. The highest BCUT2D eigenvalue weighted by atomic mass is 16.6. The van der Waals surface area contributed by atoms with E-state index in [-0.39, 0.29) is 6.42 Å². The number of pyridine rings is 1. The van der Waals surface area contributed by atoms with Gasteiger partial charge in [-0.25, -0.2) is 4.79 Å². The third-order valence-electron chi connectivity index (χ3n) is 5.19. The monoisotopic (exact) mass is 462 g/mol. The SMILES string of the molecule is COc1ccc(CC(NC(=O)c2cccnc2)C(=O)Oc2ccc(CC(C)C)cc2OC)cc1. The van der Waals surface area contributed by atoms with Crippen molar-refractivity contribution in [3.05, 3.63) is 83.7 Å². The Balaban J connectivity index is 1.82. The number of ether oxygens (including phenoxy) is 3. The van der Waals surface area contributed by atoms with E-state index in [4.69, 9.17) is 14.2 Å². The zero-order valence-electron chi connectivity index (χ0n) is 19.9. The number of rotatable bonds is 10. The zero-order chi connectivity index (χ0) is 24.5. The van der Waals surface area contributed by atoms with Crippen molar-refractivity contribution >= 4 is 11.9 Å². The van der Waals surface area contributed by atoms with Crippen LogP contribution in [0.25, 0.3) is 0 Å². The predicted octanol–water partition coefficient (Wildman–Crippen LogP) is 4.24. The summed E-state index contributed by atoms with van der Waals surface area (Å²) in [6.07, 6.45) is 4.14. The zero-order valence-corrected chi connectivity index (χ0v) is 19.9. The van der Waals surface area contributed by atoms with Gasteiger partial charge in [0.05, 0.1) is 19.8 Å². The molecule has 7 nitrogen and oxygen atoms in total. The molecule has 1 N–H and O–H groups in total. The number of carbonyl (C=O) groups is 2. The molecule has 1 aromatic heterocycles. The van der Waals surface area contributed by atoms with Gasteiger partial charge in [0.25, 0.3) is 5.91 Å². The Morgan fingerprint density at radius 3 is 2.26 bits per heavy atom. The fraction of sp³-hybridized carbons (Fsp3) is 0.296. The first-order valence-electron chi connectivity index (χ1n) is 11.1. The van der Waals surface area contributed by atoms with Gasteiger partial charge in [-0.2, -0.15) is 0 Å². The van der Waals surface area contributed by atoms with E-state index < -0.39 is 17.9 Å². The van der Waals surface area contributed by atoms with Crippen molar-refractivity contribution in [2.45, 2.75) is 32.7 Å². The summed E-state index contributed by atoms with van der Waals surface area (Å²) >= 11 is 0. The molecule has 0 radical (unpaired) electrons. The standard InChI is InChI=1S/C27H30N2O5/c1-18(2)14-20-9-12-24(25(16-20)33-4)34-27(31)23(15-19-7-10-22(32-3)11-8-19)29-26(30)21-6-5-13-28-17-21/h5-13,16-18,23H,14-15H2,1-4H3,(H,29,30). The van der Waals surface area contributed by atoms with E-state index in [9.17, 15) is 9.59 Å². The number of carbonyl (C=O) groups excluding carboxylic acids is 2. The number of methoxy groups -OCH3 is 2. The predicted molar refractivity (Wildman–Crippen MR) is 129 cm³/mol. The average molecular weight is 463 g/mol. The van der Waals surface area contributed by atoms with Crippen molar-refractivity contribution in [1.29, 1.82) is 0 Å². The lowest BCUT2D eigenvalue weighted by Crippen LogP contribution is -2.44. The highest BCUT2D eigenvalue weighted by Gasteiger charge is 2.25. The molecule has 0 saturated heterocycles. The fourth-order valence-corrected chi connectivity index (χ4v) is 3.50. The smallest absolute Gasteiger partial charge is 0.334 e. The van der Waals surface area contributed by atoms with Gasteiger partial charge < -0.3 is 19.5 Å². The second-order valence-corrected chi connectivity index (χ2v) is 8.32. The number of hydrogen-bond acceptors (Lipinski definition) is 6. The van der Waals surface area contributed by atoms with Gasteiger partial charge in [-0.1, -0.05) is 32.0 Å². The van der Waals surface area contributed by atoms with Gasteiger partial charge in [0.1, 0.15) is 11.8 Å². The number of amides is 1. The lowest BCUT2D eigenvalue weighted by atomic mass is 10.0. The van der Waals surface area contributed by atoms with Crippen LogP contribution in [-0.2, 0) is 17.6 Å². The summed E-state index contributed by atoms with van der Waals surface area (Å²) < 4.78 is 16.3. The van der Waals surface area contributed by atoms with Gasteiger partial charge in [0, 0.05) is 18.8 Å². The summed E-state index contributed by atoms with van der Waals surface area (Å²) in [5, 5.41) is 2.78. The molecule has 0 aliphatic heterocycles. The summed E-state index contributed by atoms with van der Waals surface area (Å²) in [5.41, 5.74) is 2.28. The minimum Gasteiger partial charge on any atom is -0.497 e. The minimum absolute atomic E-state index is 0.239. The first kappa shape index (κ1) is 24.8. The highest BCUT2D eigenvalue weighted by Crippen LogP contribution is 2.29. The molecule has 1 atom stereocenters. The molecule has 34 heavy (non-hydrogen) atoms. The summed E-state index contributed by atoms with van der Waals surface area (Å²) in [5.74, 6) is 0.942. The normalized spacial score (nSPS) is 11.6. The quantitative estimate of drug-likeness (QED) is 0.358. The lowest BCUT2D eigenvalue weighted by Gasteiger charge is -2.19. The molecule has 1 amide bonds. The van der Waals surface area contributed by atoms with Crippen LogP contribution in [0.15, 0.2) is 67.0 Å². The van der Waals surface area contributed by atoms with E-state index in [1.807, 2.05) is 24.3 Å². The van der Waals surface area contributed by atoms with E-state index >= 15 is 0 Å². The molecule has 3 rings (SSSR count). The molecule has 2 aromatic carbocycles. The molecular weight excluding hydrogens is 432 g/mol. The van der Waals surface area contributed by atoms with E-state index in [1.165, 1.54) is 13.3 Å². The topological polar surface area (TPSA) is 86.8 Å². The van der Waals surface area contributed by atoms with Gasteiger partial charge in [0.15, 0.2) is 11.5 Å². The molecule has 0 saturated carbocycles. The number of aromatic nitrogens is 1. The highest BCUT2D eigenvalue weighted by molar-refractivity contribution is 5.96. The number of hydrogen-bond donors (Lipinski definition) is 1.